The van der Waals surface area contributed by atoms with Crippen LogP contribution < -0.4 is 5.73 Å². The van der Waals surface area contributed by atoms with E-state index in [1.165, 1.54) is 8.27 Å². The third-order valence-corrected chi connectivity index (χ3v) is 4.18. The van der Waals surface area contributed by atoms with E-state index in [0.717, 1.165) is 16.0 Å². The fourth-order valence-electron chi connectivity index (χ4n) is 1.30. The van der Waals surface area contributed by atoms with E-state index in [-0.39, 0.29) is 6.61 Å². The zero-order valence-electron chi connectivity index (χ0n) is 6.75. The SMILES string of the molecule is Nc1cc2c(CO)ccc(I)c2s1. The predicted octanol–water partition coefficient (Wildman–Crippen LogP) is 2.58. The zero-order chi connectivity index (χ0) is 9.42. The van der Waals surface area contributed by atoms with Crippen molar-refractivity contribution in [3.8, 4) is 0 Å². The van der Waals surface area contributed by atoms with Crippen LogP contribution in [0.2, 0.25) is 0 Å². The highest BCUT2D eigenvalue weighted by Gasteiger charge is 2.06. The van der Waals surface area contributed by atoms with Gasteiger partial charge in [-0.1, -0.05) is 6.07 Å². The molecule has 13 heavy (non-hydrogen) atoms. The standard InChI is InChI=1S/C9H8INOS/c10-7-2-1-5(4-12)6-3-8(11)13-9(6)7/h1-3,12H,4,11H2. The Bertz CT molecular complexity index is 452. The summed E-state index contributed by atoms with van der Waals surface area (Å²) in [6.07, 6.45) is 0. The van der Waals surface area contributed by atoms with Gasteiger partial charge in [0.15, 0.2) is 0 Å². The van der Waals surface area contributed by atoms with Crippen molar-refractivity contribution >= 4 is 49.0 Å². The van der Waals surface area contributed by atoms with Crippen molar-refractivity contribution in [3.63, 3.8) is 0 Å². The summed E-state index contributed by atoms with van der Waals surface area (Å²) in [5, 5.41) is 11.0. The molecule has 0 saturated heterocycles. The average molecular weight is 305 g/mol. The van der Waals surface area contributed by atoms with Crippen LogP contribution in [0.5, 0.6) is 0 Å². The van der Waals surface area contributed by atoms with E-state index in [1.54, 1.807) is 11.3 Å². The molecule has 3 N–H and O–H groups in total. The number of thiophene rings is 1. The maximum absolute atomic E-state index is 9.10. The van der Waals surface area contributed by atoms with Gasteiger partial charge >= 0.3 is 0 Å². The Balaban J connectivity index is 2.83. The molecule has 0 spiro atoms. The summed E-state index contributed by atoms with van der Waals surface area (Å²) in [4.78, 5) is 0. The summed E-state index contributed by atoms with van der Waals surface area (Å²) >= 11 is 3.85. The van der Waals surface area contributed by atoms with E-state index in [2.05, 4.69) is 22.6 Å². The minimum Gasteiger partial charge on any atom is -0.392 e. The highest BCUT2D eigenvalue weighted by molar-refractivity contribution is 14.1. The van der Waals surface area contributed by atoms with E-state index in [4.69, 9.17) is 10.8 Å². The van der Waals surface area contributed by atoms with Gasteiger partial charge in [0.1, 0.15) is 0 Å². The van der Waals surface area contributed by atoms with Crippen LogP contribution >= 0.6 is 33.9 Å². The van der Waals surface area contributed by atoms with Gasteiger partial charge in [-0.25, -0.2) is 0 Å². The molecule has 2 aromatic rings. The van der Waals surface area contributed by atoms with Gasteiger partial charge in [-0.3, -0.25) is 0 Å². The van der Waals surface area contributed by atoms with Crippen LogP contribution in [-0.4, -0.2) is 5.11 Å². The second-order valence-electron chi connectivity index (χ2n) is 2.76. The lowest BCUT2D eigenvalue weighted by atomic mass is 10.1. The molecule has 2 nitrogen and oxygen atoms in total. The second kappa shape index (κ2) is 3.43. The molecule has 0 aliphatic rings. The predicted molar refractivity (Wildman–Crippen MR) is 64.9 cm³/mol. The van der Waals surface area contributed by atoms with Crippen LogP contribution in [0.15, 0.2) is 18.2 Å². The molecule has 0 aliphatic carbocycles. The monoisotopic (exact) mass is 305 g/mol. The van der Waals surface area contributed by atoms with Crippen LogP contribution in [-0.2, 0) is 6.61 Å². The summed E-state index contributed by atoms with van der Waals surface area (Å²) in [5.41, 5.74) is 6.66. The number of nitrogen functional groups attached to an aromatic ring is 1. The number of aliphatic hydroxyl groups excluding tert-OH is 1. The van der Waals surface area contributed by atoms with Gasteiger partial charge in [0.2, 0.25) is 0 Å². The molecule has 2 rings (SSSR count). The Morgan fingerprint density at radius 3 is 2.92 bits per heavy atom. The molecule has 0 unspecified atom stereocenters. The highest BCUT2D eigenvalue weighted by atomic mass is 127. The molecular formula is C9H8INOS. The average Bonchev–Trinajstić information content (AvgIpc) is 2.48. The Morgan fingerprint density at radius 2 is 2.23 bits per heavy atom. The highest BCUT2D eigenvalue weighted by Crippen LogP contribution is 2.33. The number of hydrogen-bond donors (Lipinski definition) is 2. The first-order valence-corrected chi connectivity index (χ1v) is 5.69. The smallest absolute Gasteiger partial charge is 0.0869 e. The van der Waals surface area contributed by atoms with E-state index >= 15 is 0 Å². The molecule has 68 valence electrons. The quantitative estimate of drug-likeness (QED) is 0.796. The normalized spacial score (nSPS) is 10.9. The van der Waals surface area contributed by atoms with E-state index < -0.39 is 0 Å². The van der Waals surface area contributed by atoms with Crippen molar-refractivity contribution in [2.24, 2.45) is 0 Å². The van der Waals surface area contributed by atoms with Crippen LogP contribution in [0.4, 0.5) is 5.00 Å². The number of nitrogens with two attached hydrogens (primary N) is 1. The summed E-state index contributed by atoms with van der Waals surface area (Å²) in [5.74, 6) is 0. The van der Waals surface area contributed by atoms with Gasteiger partial charge in [0.25, 0.3) is 0 Å². The van der Waals surface area contributed by atoms with Crippen LogP contribution in [0.3, 0.4) is 0 Å². The lowest BCUT2D eigenvalue weighted by Crippen LogP contribution is -1.84. The van der Waals surface area contributed by atoms with Crippen molar-refractivity contribution in [3.05, 3.63) is 27.3 Å². The summed E-state index contributed by atoms with van der Waals surface area (Å²) in [7, 11) is 0. The summed E-state index contributed by atoms with van der Waals surface area (Å²) < 4.78 is 2.36. The van der Waals surface area contributed by atoms with E-state index in [1.807, 2.05) is 18.2 Å². The molecular weight excluding hydrogens is 297 g/mol. The van der Waals surface area contributed by atoms with Crippen molar-refractivity contribution in [2.75, 3.05) is 5.73 Å². The zero-order valence-corrected chi connectivity index (χ0v) is 9.72. The maximum atomic E-state index is 9.10. The lowest BCUT2D eigenvalue weighted by Gasteiger charge is -1.99. The fourth-order valence-corrected chi connectivity index (χ4v) is 2.98. The number of fused-ring (bicyclic) bond motifs is 1. The van der Waals surface area contributed by atoms with E-state index in [9.17, 15) is 0 Å². The number of rotatable bonds is 1. The Morgan fingerprint density at radius 1 is 1.46 bits per heavy atom. The Kier molecular flexibility index (Phi) is 2.44. The van der Waals surface area contributed by atoms with Crippen molar-refractivity contribution in [2.45, 2.75) is 6.61 Å². The molecule has 1 heterocycles. The van der Waals surface area contributed by atoms with Crippen molar-refractivity contribution < 1.29 is 5.11 Å². The third kappa shape index (κ3) is 1.53. The van der Waals surface area contributed by atoms with Gasteiger partial charge in [-0.15, -0.1) is 11.3 Å². The lowest BCUT2D eigenvalue weighted by molar-refractivity contribution is 0.283. The van der Waals surface area contributed by atoms with Gasteiger partial charge in [0, 0.05) is 8.96 Å². The van der Waals surface area contributed by atoms with Crippen molar-refractivity contribution in [1.82, 2.24) is 0 Å². The summed E-state index contributed by atoms with van der Waals surface area (Å²) in [6, 6.07) is 5.87. The molecule has 0 bridgehead atoms. The largest absolute Gasteiger partial charge is 0.392 e. The van der Waals surface area contributed by atoms with Gasteiger partial charge in [-0.05, 0) is 40.3 Å². The molecule has 0 saturated carbocycles. The molecule has 1 aromatic carbocycles. The van der Waals surface area contributed by atoms with Gasteiger partial charge in [-0.2, -0.15) is 0 Å². The minimum atomic E-state index is 0.0730. The first-order valence-electron chi connectivity index (χ1n) is 3.79. The van der Waals surface area contributed by atoms with Crippen molar-refractivity contribution in [1.29, 1.82) is 0 Å². The molecule has 1 aromatic heterocycles. The number of aliphatic hydroxyl groups is 1. The second-order valence-corrected chi connectivity index (χ2v) is 5.00. The van der Waals surface area contributed by atoms with Crippen LogP contribution in [0, 0.1) is 3.57 Å². The molecule has 0 atom stereocenters. The topological polar surface area (TPSA) is 46.2 Å². The molecule has 0 aliphatic heterocycles. The van der Waals surface area contributed by atoms with Crippen LogP contribution in [0.1, 0.15) is 5.56 Å². The number of hydrogen-bond acceptors (Lipinski definition) is 3. The maximum Gasteiger partial charge on any atom is 0.0869 e. The molecule has 0 fully saturated rings. The molecule has 4 heteroatoms. The Hall–Kier alpha value is -0.330. The number of halogens is 1. The molecule has 0 amide bonds. The first-order chi connectivity index (χ1) is 6.22. The first kappa shape index (κ1) is 9.23. The van der Waals surface area contributed by atoms with Gasteiger partial charge in [0.05, 0.1) is 16.3 Å². The minimum absolute atomic E-state index is 0.0730. The van der Waals surface area contributed by atoms with E-state index in [0.29, 0.717) is 0 Å². The molecule has 0 radical (unpaired) electrons. The Labute approximate surface area is 93.5 Å². The third-order valence-electron chi connectivity index (χ3n) is 1.92. The van der Waals surface area contributed by atoms with Gasteiger partial charge < -0.3 is 10.8 Å². The summed E-state index contributed by atoms with van der Waals surface area (Å²) in [6.45, 7) is 0.0730. The fraction of sp³-hybridized carbons (Fsp3) is 0.111. The number of benzene rings is 1. The number of anilines is 1. The van der Waals surface area contributed by atoms with Crippen LogP contribution in [0.25, 0.3) is 10.1 Å².